The van der Waals surface area contributed by atoms with Crippen LogP contribution in [0.25, 0.3) is 0 Å². The van der Waals surface area contributed by atoms with E-state index in [9.17, 15) is 19.5 Å². The molecule has 0 rings (SSSR count). The van der Waals surface area contributed by atoms with Crippen molar-refractivity contribution in [2.75, 3.05) is 13.2 Å². The SMILES string of the molecule is CCCCCC(=O)/C=C/C=C\CCCCCCCC(=O)OC[C@H](CO)OC(=O)CCCCCCCCCCCCCCCCCCCCC(C)CC. The molecule has 0 aliphatic carbocycles. The smallest absolute Gasteiger partial charge is 0.306 e. The Morgan fingerprint density at radius 2 is 1.02 bits per heavy atom. The number of carbonyl (C=O) groups is 3. The van der Waals surface area contributed by atoms with E-state index in [1.165, 1.54) is 109 Å². The Bertz CT molecular complexity index is 865. The molecule has 1 unspecified atom stereocenters. The summed E-state index contributed by atoms with van der Waals surface area (Å²) in [4.78, 5) is 36.0. The van der Waals surface area contributed by atoms with Gasteiger partial charge in [0.15, 0.2) is 11.9 Å². The molecule has 1 N–H and O–H groups in total. The number of carbonyl (C=O) groups excluding carboxylic acids is 3. The normalized spacial score (nSPS) is 12.8. The highest BCUT2D eigenvalue weighted by Crippen LogP contribution is 2.17. The number of rotatable bonds is 40. The lowest BCUT2D eigenvalue weighted by Gasteiger charge is -2.15. The highest BCUT2D eigenvalue weighted by Gasteiger charge is 2.16. The van der Waals surface area contributed by atoms with Gasteiger partial charge in [0.1, 0.15) is 6.61 Å². The first-order valence-electron chi connectivity index (χ1n) is 22.2. The van der Waals surface area contributed by atoms with Gasteiger partial charge in [-0.2, -0.15) is 0 Å². The van der Waals surface area contributed by atoms with Crippen LogP contribution in [0.2, 0.25) is 0 Å². The second-order valence-corrected chi connectivity index (χ2v) is 15.4. The van der Waals surface area contributed by atoms with Gasteiger partial charge in [0, 0.05) is 19.3 Å². The Labute approximate surface area is 321 Å². The van der Waals surface area contributed by atoms with Gasteiger partial charge in [-0.15, -0.1) is 0 Å². The van der Waals surface area contributed by atoms with Gasteiger partial charge in [0.05, 0.1) is 6.61 Å². The third kappa shape index (κ3) is 37.8. The molecule has 304 valence electrons. The van der Waals surface area contributed by atoms with E-state index in [1.807, 2.05) is 12.2 Å². The van der Waals surface area contributed by atoms with Crippen LogP contribution >= 0.6 is 0 Å². The third-order valence-electron chi connectivity index (χ3n) is 10.3. The molecule has 0 amide bonds. The lowest BCUT2D eigenvalue weighted by molar-refractivity contribution is -0.161. The highest BCUT2D eigenvalue weighted by atomic mass is 16.6. The van der Waals surface area contributed by atoms with Crippen LogP contribution in [0.4, 0.5) is 0 Å². The summed E-state index contributed by atoms with van der Waals surface area (Å²) < 4.78 is 10.6. The first-order valence-corrected chi connectivity index (χ1v) is 22.2. The number of allylic oxidation sites excluding steroid dienone is 4. The Hall–Kier alpha value is -1.95. The van der Waals surface area contributed by atoms with Crippen molar-refractivity contribution >= 4 is 17.7 Å². The molecule has 0 aromatic carbocycles. The summed E-state index contributed by atoms with van der Waals surface area (Å²) in [5, 5.41) is 9.58. The second-order valence-electron chi connectivity index (χ2n) is 15.4. The summed E-state index contributed by atoms with van der Waals surface area (Å²) >= 11 is 0. The zero-order chi connectivity index (χ0) is 38.2. The van der Waals surface area contributed by atoms with Gasteiger partial charge < -0.3 is 14.6 Å². The maximum absolute atomic E-state index is 12.2. The number of hydrogen-bond donors (Lipinski definition) is 1. The minimum atomic E-state index is -0.794. The fraction of sp³-hybridized carbons (Fsp3) is 0.848. The maximum Gasteiger partial charge on any atom is 0.306 e. The molecule has 6 heteroatoms. The number of hydrogen-bond acceptors (Lipinski definition) is 6. The Kier molecular flexibility index (Phi) is 38.7. The van der Waals surface area contributed by atoms with E-state index in [0.717, 1.165) is 83.0 Å². The van der Waals surface area contributed by atoms with Gasteiger partial charge in [-0.05, 0) is 44.1 Å². The lowest BCUT2D eigenvalue weighted by atomic mass is 9.99. The topological polar surface area (TPSA) is 89.9 Å². The van der Waals surface area contributed by atoms with E-state index in [-0.39, 0.29) is 30.9 Å². The van der Waals surface area contributed by atoms with Crippen molar-refractivity contribution in [3.8, 4) is 0 Å². The molecule has 2 atom stereocenters. The quantitative estimate of drug-likeness (QED) is 0.0292. The summed E-state index contributed by atoms with van der Waals surface area (Å²) in [5.74, 6) is 0.468. The van der Waals surface area contributed by atoms with Gasteiger partial charge in [-0.25, -0.2) is 0 Å². The molecule has 52 heavy (non-hydrogen) atoms. The minimum absolute atomic E-state index is 0.0922. The van der Waals surface area contributed by atoms with Crippen molar-refractivity contribution in [3.05, 3.63) is 24.3 Å². The Balaban J connectivity index is 3.54. The Morgan fingerprint density at radius 3 is 1.52 bits per heavy atom. The molecule has 0 aromatic rings. The standard InChI is InChI=1S/C46H84O6/c1-4-6-30-36-43(48)37-32-27-23-19-17-21-24-28-33-38-45(49)51-41-44(40-47)52-46(50)39-34-29-25-20-16-14-12-10-8-7-9-11-13-15-18-22-26-31-35-42(3)5-2/h23,27,32,37,42,44,47H,4-22,24-26,28-31,33-36,38-41H2,1-3H3/b27-23-,37-32+/t42?,44-/m0/s1. The fourth-order valence-electron chi connectivity index (χ4n) is 6.45. The average Bonchev–Trinajstić information content (AvgIpc) is 3.14. The van der Waals surface area contributed by atoms with Crippen LogP contribution in [0, 0.1) is 5.92 Å². The maximum atomic E-state index is 12.2. The van der Waals surface area contributed by atoms with Crippen LogP contribution < -0.4 is 0 Å². The van der Waals surface area contributed by atoms with Crippen LogP contribution in [0.5, 0.6) is 0 Å². The van der Waals surface area contributed by atoms with Crippen LogP contribution in [0.3, 0.4) is 0 Å². The zero-order valence-corrected chi connectivity index (χ0v) is 34.5. The third-order valence-corrected chi connectivity index (χ3v) is 10.3. The highest BCUT2D eigenvalue weighted by molar-refractivity contribution is 5.89. The molecule has 0 aromatic heterocycles. The van der Waals surface area contributed by atoms with Crippen LogP contribution in [0.1, 0.15) is 226 Å². The largest absolute Gasteiger partial charge is 0.462 e. The van der Waals surface area contributed by atoms with Crippen molar-refractivity contribution in [3.63, 3.8) is 0 Å². The fourth-order valence-corrected chi connectivity index (χ4v) is 6.45. The van der Waals surface area contributed by atoms with E-state index in [4.69, 9.17) is 9.47 Å². The summed E-state index contributed by atoms with van der Waals surface area (Å²) in [6.07, 6.45) is 43.6. The molecule has 0 spiro atoms. The predicted octanol–water partition coefficient (Wildman–Crippen LogP) is 13.3. The molecular formula is C46H84O6. The molecule has 6 nitrogen and oxygen atoms in total. The van der Waals surface area contributed by atoms with Gasteiger partial charge in [0.2, 0.25) is 0 Å². The number of ketones is 1. The monoisotopic (exact) mass is 733 g/mol. The van der Waals surface area contributed by atoms with Crippen LogP contribution in [0.15, 0.2) is 24.3 Å². The van der Waals surface area contributed by atoms with Crippen molar-refractivity contribution in [2.45, 2.75) is 232 Å². The predicted molar refractivity (Wildman–Crippen MR) is 219 cm³/mol. The molecule has 0 bridgehead atoms. The summed E-state index contributed by atoms with van der Waals surface area (Å²) in [7, 11) is 0. The van der Waals surface area contributed by atoms with E-state index in [2.05, 4.69) is 26.8 Å². The molecular weight excluding hydrogens is 648 g/mol. The van der Waals surface area contributed by atoms with Crippen LogP contribution in [-0.2, 0) is 23.9 Å². The Morgan fingerprint density at radius 1 is 0.558 bits per heavy atom. The number of aliphatic hydroxyl groups is 1. The lowest BCUT2D eigenvalue weighted by Crippen LogP contribution is -2.28. The summed E-state index contributed by atoms with van der Waals surface area (Å²) in [5.41, 5.74) is 0. The number of aliphatic hydroxyl groups excluding tert-OH is 1. The molecule has 0 radical (unpaired) electrons. The molecule has 0 fully saturated rings. The molecule has 0 saturated carbocycles. The average molecular weight is 733 g/mol. The van der Waals surface area contributed by atoms with Gasteiger partial charge in [-0.3, -0.25) is 14.4 Å². The number of unbranched alkanes of at least 4 members (excludes halogenated alkanes) is 24. The van der Waals surface area contributed by atoms with E-state index in [0.29, 0.717) is 19.3 Å². The zero-order valence-electron chi connectivity index (χ0n) is 34.5. The van der Waals surface area contributed by atoms with Gasteiger partial charge in [-0.1, -0.05) is 193 Å². The van der Waals surface area contributed by atoms with Crippen molar-refractivity contribution < 1.29 is 29.0 Å². The van der Waals surface area contributed by atoms with Crippen molar-refractivity contribution in [2.24, 2.45) is 5.92 Å². The first-order chi connectivity index (χ1) is 25.4. The van der Waals surface area contributed by atoms with E-state index >= 15 is 0 Å². The van der Waals surface area contributed by atoms with Crippen molar-refractivity contribution in [1.82, 2.24) is 0 Å². The molecule has 0 aliphatic rings. The van der Waals surface area contributed by atoms with E-state index in [1.54, 1.807) is 6.08 Å². The van der Waals surface area contributed by atoms with Crippen molar-refractivity contribution in [1.29, 1.82) is 0 Å². The van der Waals surface area contributed by atoms with E-state index < -0.39 is 6.10 Å². The second kappa shape index (κ2) is 40.2. The molecule has 0 heterocycles. The van der Waals surface area contributed by atoms with Gasteiger partial charge in [0.25, 0.3) is 0 Å². The minimum Gasteiger partial charge on any atom is -0.462 e. The number of esters is 2. The summed E-state index contributed by atoms with van der Waals surface area (Å²) in [6, 6.07) is 0. The molecule has 0 aliphatic heterocycles. The number of ether oxygens (including phenoxy) is 2. The van der Waals surface area contributed by atoms with Crippen LogP contribution in [-0.4, -0.2) is 42.1 Å². The molecule has 0 saturated heterocycles. The summed E-state index contributed by atoms with van der Waals surface area (Å²) in [6.45, 7) is 6.37. The first kappa shape index (κ1) is 50.1. The van der Waals surface area contributed by atoms with Gasteiger partial charge >= 0.3 is 11.9 Å².